The zero-order valence-corrected chi connectivity index (χ0v) is 28.0. The number of rotatable bonds is 8. The van der Waals surface area contributed by atoms with Crippen molar-refractivity contribution in [2.45, 2.75) is 43.7 Å². The molecular formula is C36H33N5O7Si. The Hall–Kier alpha value is -5.84. The van der Waals surface area contributed by atoms with Gasteiger partial charge in [-0.3, -0.25) is 4.57 Å². The summed E-state index contributed by atoms with van der Waals surface area (Å²) in [7, 11) is -2.21. The molecule has 2 N–H and O–H groups in total. The standard InChI is InChI=1S/C36H33N5O7Si/c1-49(2,3)20-19-36(48-33(44)26-17-11-6-12-18-26)29(47-32(43)25-15-9-5-10-16-25)28(22-45-31(42)24-13-7-4-8-14-24)46-34(36)41-23-39-30-27(41)21-38-35(37)40-30/h4-18,21,23,28-29,34H,22H2,1-3H3,(H2,37,38,40)/t28-,29-,34?,36-/m1/s1. The molecule has 49 heavy (non-hydrogen) atoms. The van der Waals surface area contributed by atoms with E-state index in [0.29, 0.717) is 11.1 Å². The molecule has 1 saturated heterocycles. The van der Waals surface area contributed by atoms with E-state index in [9.17, 15) is 14.4 Å². The first kappa shape index (κ1) is 33.1. The zero-order valence-electron chi connectivity index (χ0n) is 27.0. The minimum Gasteiger partial charge on any atom is -0.459 e. The van der Waals surface area contributed by atoms with Crippen LogP contribution in [0, 0.1) is 11.5 Å². The Morgan fingerprint density at radius 1 is 0.857 bits per heavy atom. The Morgan fingerprint density at radius 3 is 2.02 bits per heavy atom. The van der Waals surface area contributed by atoms with Crippen LogP contribution in [0.1, 0.15) is 37.3 Å². The average molecular weight is 676 g/mol. The normalized spacial score (nSPS) is 20.2. The van der Waals surface area contributed by atoms with Crippen molar-refractivity contribution in [1.82, 2.24) is 19.5 Å². The summed E-state index contributed by atoms with van der Waals surface area (Å²) in [5.41, 5.74) is 8.57. The summed E-state index contributed by atoms with van der Waals surface area (Å²) in [6.45, 7) is 5.67. The maximum atomic E-state index is 14.0. The number of hydrogen-bond donors (Lipinski definition) is 1. The number of carbonyl (C=O) groups excluding carboxylic acids is 3. The first-order valence-electron chi connectivity index (χ1n) is 15.5. The number of fused-ring (bicyclic) bond motifs is 1. The third-order valence-electron chi connectivity index (χ3n) is 7.57. The number of aromatic nitrogens is 4. The Balaban J connectivity index is 1.52. The molecule has 0 saturated carbocycles. The van der Waals surface area contributed by atoms with Gasteiger partial charge < -0.3 is 24.7 Å². The summed E-state index contributed by atoms with van der Waals surface area (Å²) in [6, 6.07) is 25.1. The first-order chi connectivity index (χ1) is 23.5. The summed E-state index contributed by atoms with van der Waals surface area (Å²) in [5, 5.41) is 0. The topological polar surface area (TPSA) is 158 Å². The summed E-state index contributed by atoms with van der Waals surface area (Å²) in [4.78, 5) is 53.6. The number of hydrogen-bond acceptors (Lipinski definition) is 11. The van der Waals surface area contributed by atoms with E-state index in [1.54, 1.807) is 95.6 Å². The molecule has 3 aromatic carbocycles. The van der Waals surface area contributed by atoms with Gasteiger partial charge in [0, 0.05) is 0 Å². The molecule has 248 valence electrons. The summed E-state index contributed by atoms with van der Waals surface area (Å²) >= 11 is 0. The molecule has 5 aromatic rings. The van der Waals surface area contributed by atoms with Crippen molar-refractivity contribution >= 4 is 43.1 Å². The molecule has 1 aliphatic heterocycles. The molecule has 0 amide bonds. The van der Waals surface area contributed by atoms with Crippen molar-refractivity contribution in [2.24, 2.45) is 0 Å². The molecule has 1 fully saturated rings. The minimum atomic E-state index is -2.21. The van der Waals surface area contributed by atoms with E-state index in [2.05, 4.69) is 26.4 Å². The van der Waals surface area contributed by atoms with E-state index < -0.39 is 50.0 Å². The predicted molar refractivity (Wildman–Crippen MR) is 182 cm³/mol. The second-order valence-electron chi connectivity index (χ2n) is 12.3. The summed E-state index contributed by atoms with van der Waals surface area (Å²) in [5.74, 6) is 1.13. The van der Waals surface area contributed by atoms with Crippen LogP contribution >= 0.6 is 0 Å². The summed E-state index contributed by atoms with van der Waals surface area (Å²) in [6.07, 6.45) is -0.971. The lowest BCUT2D eigenvalue weighted by Crippen LogP contribution is -2.52. The van der Waals surface area contributed by atoms with Crippen molar-refractivity contribution in [1.29, 1.82) is 0 Å². The van der Waals surface area contributed by atoms with Crippen LogP contribution < -0.4 is 5.73 Å². The van der Waals surface area contributed by atoms with Gasteiger partial charge in [0.05, 0.1) is 22.9 Å². The monoisotopic (exact) mass is 675 g/mol. The van der Waals surface area contributed by atoms with E-state index >= 15 is 0 Å². The third kappa shape index (κ3) is 7.20. The van der Waals surface area contributed by atoms with Crippen LogP contribution in [0.15, 0.2) is 104 Å². The van der Waals surface area contributed by atoms with Gasteiger partial charge in [0.25, 0.3) is 5.60 Å². The highest BCUT2D eigenvalue weighted by atomic mass is 28.3. The van der Waals surface area contributed by atoms with Crippen LogP contribution in [0.5, 0.6) is 0 Å². The molecule has 4 atom stereocenters. The van der Waals surface area contributed by atoms with Gasteiger partial charge in [0.1, 0.15) is 32.6 Å². The number of benzene rings is 3. The number of anilines is 1. The molecular weight excluding hydrogens is 643 g/mol. The van der Waals surface area contributed by atoms with Crippen molar-refractivity contribution in [3.8, 4) is 11.5 Å². The highest BCUT2D eigenvalue weighted by molar-refractivity contribution is 6.83. The Morgan fingerprint density at radius 2 is 1.43 bits per heavy atom. The Labute approximate surface area is 283 Å². The van der Waals surface area contributed by atoms with E-state index in [0.717, 1.165) is 0 Å². The molecule has 0 aliphatic carbocycles. The zero-order chi connectivity index (χ0) is 34.6. The Bertz CT molecular complexity index is 2040. The van der Waals surface area contributed by atoms with E-state index in [1.807, 2.05) is 19.6 Å². The lowest BCUT2D eigenvalue weighted by molar-refractivity contribution is -0.0864. The fourth-order valence-electron chi connectivity index (χ4n) is 5.25. The number of ether oxygens (including phenoxy) is 4. The van der Waals surface area contributed by atoms with Crippen molar-refractivity contribution in [2.75, 3.05) is 12.3 Å². The average Bonchev–Trinajstić information content (AvgIpc) is 3.65. The van der Waals surface area contributed by atoms with Gasteiger partial charge in [-0.05, 0) is 36.4 Å². The quantitative estimate of drug-likeness (QED) is 0.104. The SMILES string of the molecule is C[Si](C)(C)C#C[C@]1(OC(=O)c2ccccc2)C(n2cnc3nc(N)ncc32)O[C@H](COC(=O)c2ccccc2)[C@H]1OC(=O)c1ccccc1. The fourth-order valence-corrected chi connectivity index (χ4v) is 5.82. The number of nitrogens with zero attached hydrogens (tertiary/aromatic N) is 4. The predicted octanol–water partition coefficient (Wildman–Crippen LogP) is 4.87. The van der Waals surface area contributed by atoms with Crippen LogP contribution in [-0.2, 0) is 18.9 Å². The largest absolute Gasteiger partial charge is 0.459 e. The van der Waals surface area contributed by atoms with Crippen LogP contribution in [-0.4, -0.2) is 69.9 Å². The molecule has 1 aliphatic rings. The van der Waals surface area contributed by atoms with Crippen molar-refractivity contribution in [3.63, 3.8) is 0 Å². The van der Waals surface area contributed by atoms with Crippen LogP contribution in [0.3, 0.4) is 0 Å². The minimum absolute atomic E-state index is 0.00533. The fraction of sp³-hybridized carbons (Fsp3) is 0.222. The lowest BCUT2D eigenvalue weighted by atomic mass is 9.93. The molecule has 1 unspecified atom stereocenters. The summed E-state index contributed by atoms with van der Waals surface area (Å²) < 4.78 is 26.5. The maximum absolute atomic E-state index is 14.0. The molecule has 6 rings (SSSR count). The van der Waals surface area contributed by atoms with Crippen molar-refractivity contribution < 1.29 is 33.3 Å². The van der Waals surface area contributed by atoms with E-state index in [1.165, 1.54) is 12.5 Å². The van der Waals surface area contributed by atoms with Gasteiger partial charge in [-0.15, -0.1) is 5.54 Å². The smallest absolute Gasteiger partial charge is 0.339 e. The third-order valence-corrected chi connectivity index (χ3v) is 8.45. The molecule has 0 bridgehead atoms. The molecule has 0 radical (unpaired) electrons. The van der Waals surface area contributed by atoms with Crippen LogP contribution in [0.2, 0.25) is 19.6 Å². The number of carbonyl (C=O) groups is 3. The van der Waals surface area contributed by atoms with Crippen LogP contribution in [0.4, 0.5) is 5.95 Å². The van der Waals surface area contributed by atoms with Gasteiger partial charge in [-0.2, -0.15) is 4.98 Å². The first-order valence-corrected chi connectivity index (χ1v) is 19.0. The highest BCUT2D eigenvalue weighted by Crippen LogP contribution is 2.45. The maximum Gasteiger partial charge on any atom is 0.339 e. The highest BCUT2D eigenvalue weighted by Gasteiger charge is 2.63. The van der Waals surface area contributed by atoms with Gasteiger partial charge in [-0.25, -0.2) is 24.4 Å². The number of imidazole rings is 1. The Kier molecular flexibility index (Phi) is 9.26. The number of esters is 3. The van der Waals surface area contributed by atoms with Crippen molar-refractivity contribution in [3.05, 3.63) is 120 Å². The van der Waals surface area contributed by atoms with Gasteiger partial charge >= 0.3 is 17.9 Å². The second-order valence-corrected chi connectivity index (χ2v) is 17.1. The number of nitrogen functional groups attached to an aromatic ring is 1. The second kappa shape index (κ2) is 13.7. The molecule has 3 heterocycles. The van der Waals surface area contributed by atoms with E-state index in [-0.39, 0.29) is 29.3 Å². The van der Waals surface area contributed by atoms with Gasteiger partial charge in [-0.1, -0.05) is 80.2 Å². The lowest BCUT2D eigenvalue weighted by Gasteiger charge is -2.34. The van der Waals surface area contributed by atoms with E-state index in [4.69, 9.17) is 24.7 Å². The van der Waals surface area contributed by atoms with Gasteiger partial charge in [0.15, 0.2) is 18.0 Å². The molecule has 13 heteroatoms. The van der Waals surface area contributed by atoms with Crippen LogP contribution in [0.25, 0.3) is 11.2 Å². The molecule has 2 aromatic heterocycles. The van der Waals surface area contributed by atoms with Gasteiger partial charge in [0.2, 0.25) is 5.95 Å². The number of nitrogens with two attached hydrogens (primary N) is 1. The molecule has 0 spiro atoms. The molecule has 12 nitrogen and oxygen atoms in total.